The molecular formula is C17H26O7. The highest BCUT2D eigenvalue weighted by molar-refractivity contribution is 5.39. The third-order valence-electron chi connectivity index (χ3n) is 3.96. The van der Waals surface area contributed by atoms with Gasteiger partial charge in [0.15, 0.2) is 23.9 Å². The average molecular weight is 342 g/mol. The Hall–Kier alpha value is -1.38. The Morgan fingerprint density at radius 1 is 1.04 bits per heavy atom. The fourth-order valence-electron chi connectivity index (χ4n) is 2.55. The lowest BCUT2D eigenvalue weighted by Gasteiger charge is -2.39. The SMILES string of the molecule is CCCCCOc1ccccc1O[C@H]1C(O)O[C@H](CO)[C@@H](O)[C@@H]1O. The maximum Gasteiger partial charge on any atom is 0.195 e. The van der Waals surface area contributed by atoms with Gasteiger partial charge in [0, 0.05) is 0 Å². The Bertz CT molecular complexity index is 496. The van der Waals surface area contributed by atoms with Crippen molar-refractivity contribution in [1.29, 1.82) is 0 Å². The molecular weight excluding hydrogens is 316 g/mol. The number of benzene rings is 1. The lowest BCUT2D eigenvalue weighted by molar-refractivity contribution is -0.280. The number of aliphatic hydroxyl groups excluding tert-OH is 4. The van der Waals surface area contributed by atoms with Gasteiger partial charge in [-0.2, -0.15) is 0 Å². The van der Waals surface area contributed by atoms with Gasteiger partial charge in [0.2, 0.25) is 0 Å². The molecule has 1 aromatic rings. The molecule has 0 aromatic heterocycles. The predicted octanol–water partition coefficient (Wildman–Crippen LogP) is 0.434. The van der Waals surface area contributed by atoms with E-state index >= 15 is 0 Å². The molecule has 24 heavy (non-hydrogen) atoms. The predicted molar refractivity (Wildman–Crippen MR) is 85.9 cm³/mol. The third kappa shape index (κ3) is 4.58. The Balaban J connectivity index is 2.04. The van der Waals surface area contributed by atoms with Crippen molar-refractivity contribution in [3.8, 4) is 11.5 Å². The lowest BCUT2D eigenvalue weighted by atomic mass is 9.99. The van der Waals surface area contributed by atoms with Crippen LogP contribution in [0.25, 0.3) is 0 Å². The monoisotopic (exact) mass is 342 g/mol. The van der Waals surface area contributed by atoms with Crippen molar-refractivity contribution in [2.45, 2.75) is 56.9 Å². The highest BCUT2D eigenvalue weighted by atomic mass is 16.7. The van der Waals surface area contributed by atoms with Gasteiger partial charge in [0.25, 0.3) is 0 Å². The molecule has 0 radical (unpaired) electrons. The minimum absolute atomic E-state index is 0.343. The second-order valence-electron chi connectivity index (χ2n) is 5.81. The van der Waals surface area contributed by atoms with Crippen LogP contribution in [0.4, 0.5) is 0 Å². The number of hydrogen-bond donors (Lipinski definition) is 4. The van der Waals surface area contributed by atoms with E-state index in [1.807, 2.05) is 0 Å². The number of hydrogen-bond acceptors (Lipinski definition) is 7. The summed E-state index contributed by atoms with van der Waals surface area (Å²) in [6.45, 7) is 2.13. The topological polar surface area (TPSA) is 109 Å². The summed E-state index contributed by atoms with van der Waals surface area (Å²) in [7, 11) is 0. The largest absolute Gasteiger partial charge is 0.490 e. The zero-order valence-corrected chi connectivity index (χ0v) is 13.7. The maximum atomic E-state index is 10.1. The molecule has 0 saturated carbocycles. The van der Waals surface area contributed by atoms with Crippen LogP contribution in [0.15, 0.2) is 24.3 Å². The second-order valence-corrected chi connectivity index (χ2v) is 5.81. The van der Waals surface area contributed by atoms with Gasteiger partial charge in [0.1, 0.15) is 18.3 Å². The van der Waals surface area contributed by atoms with Crippen LogP contribution >= 0.6 is 0 Å². The molecule has 1 aromatic carbocycles. The van der Waals surface area contributed by atoms with Crippen LogP contribution in [-0.2, 0) is 4.74 Å². The molecule has 4 N–H and O–H groups in total. The van der Waals surface area contributed by atoms with E-state index in [0.717, 1.165) is 19.3 Å². The minimum Gasteiger partial charge on any atom is -0.490 e. The molecule has 2 rings (SSSR count). The molecule has 7 heteroatoms. The Labute approximate surface area is 141 Å². The van der Waals surface area contributed by atoms with Gasteiger partial charge in [-0.1, -0.05) is 31.9 Å². The van der Waals surface area contributed by atoms with Crippen molar-refractivity contribution in [3.05, 3.63) is 24.3 Å². The fraction of sp³-hybridized carbons (Fsp3) is 0.647. The van der Waals surface area contributed by atoms with Crippen molar-refractivity contribution in [3.63, 3.8) is 0 Å². The van der Waals surface area contributed by atoms with Crippen molar-refractivity contribution in [2.24, 2.45) is 0 Å². The number of ether oxygens (including phenoxy) is 3. The molecule has 1 aliphatic heterocycles. The number of aliphatic hydroxyl groups is 4. The van der Waals surface area contributed by atoms with E-state index in [1.54, 1.807) is 24.3 Å². The van der Waals surface area contributed by atoms with E-state index in [9.17, 15) is 15.3 Å². The Morgan fingerprint density at radius 3 is 2.42 bits per heavy atom. The first-order valence-corrected chi connectivity index (χ1v) is 8.27. The smallest absolute Gasteiger partial charge is 0.195 e. The van der Waals surface area contributed by atoms with E-state index in [4.69, 9.17) is 19.3 Å². The summed E-state index contributed by atoms with van der Waals surface area (Å²) in [5.41, 5.74) is 0. The summed E-state index contributed by atoms with van der Waals surface area (Å²) in [5.74, 6) is 0.835. The van der Waals surface area contributed by atoms with Crippen LogP contribution in [0.3, 0.4) is 0 Å². The normalized spacial score (nSPS) is 30.1. The molecule has 0 amide bonds. The maximum absolute atomic E-state index is 10.1. The molecule has 0 bridgehead atoms. The molecule has 1 heterocycles. The van der Waals surface area contributed by atoms with Crippen LogP contribution in [-0.4, -0.2) is 64.3 Å². The first-order chi connectivity index (χ1) is 11.6. The molecule has 1 unspecified atom stereocenters. The molecule has 0 aliphatic carbocycles. The van der Waals surface area contributed by atoms with Crippen molar-refractivity contribution in [1.82, 2.24) is 0 Å². The van der Waals surface area contributed by atoms with E-state index in [0.29, 0.717) is 18.1 Å². The van der Waals surface area contributed by atoms with Crippen LogP contribution < -0.4 is 9.47 Å². The summed E-state index contributed by atoms with van der Waals surface area (Å²) in [5, 5.41) is 39.1. The van der Waals surface area contributed by atoms with E-state index in [1.165, 1.54) is 0 Å². The highest BCUT2D eigenvalue weighted by Crippen LogP contribution is 2.31. The minimum atomic E-state index is -1.48. The Kier molecular flexibility index (Phi) is 7.26. The zero-order valence-electron chi connectivity index (χ0n) is 13.7. The van der Waals surface area contributed by atoms with Crippen LogP contribution in [0.2, 0.25) is 0 Å². The highest BCUT2D eigenvalue weighted by Gasteiger charge is 2.45. The average Bonchev–Trinajstić information content (AvgIpc) is 2.59. The number of unbranched alkanes of at least 4 members (excludes halogenated alkanes) is 2. The Morgan fingerprint density at radius 2 is 1.75 bits per heavy atom. The molecule has 1 aliphatic rings. The quantitative estimate of drug-likeness (QED) is 0.508. The van der Waals surface area contributed by atoms with E-state index in [2.05, 4.69) is 6.92 Å². The van der Waals surface area contributed by atoms with Crippen LogP contribution in [0.1, 0.15) is 26.2 Å². The van der Waals surface area contributed by atoms with Crippen molar-refractivity contribution < 1.29 is 34.6 Å². The summed E-state index contributed by atoms with van der Waals surface area (Å²) in [6.07, 6.45) is -3.43. The summed E-state index contributed by atoms with van der Waals surface area (Å²) < 4.78 is 16.4. The van der Waals surface area contributed by atoms with Gasteiger partial charge in [-0.15, -0.1) is 0 Å². The second kappa shape index (κ2) is 9.19. The first-order valence-electron chi connectivity index (χ1n) is 8.27. The number of rotatable bonds is 8. The van der Waals surface area contributed by atoms with Gasteiger partial charge in [0.05, 0.1) is 13.2 Å². The molecule has 7 nitrogen and oxygen atoms in total. The van der Waals surface area contributed by atoms with Gasteiger partial charge >= 0.3 is 0 Å². The van der Waals surface area contributed by atoms with E-state index < -0.39 is 37.3 Å². The standard InChI is InChI=1S/C17H26O7/c1-2-3-6-9-22-11-7-4-5-8-12(11)23-16-15(20)14(19)13(10-18)24-17(16)21/h4-5,7-8,13-21H,2-3,6,9-10H2,1H3/t13-,14-,15+,16-,17?/m1/s1. The number of para-hydroxylation sites is 2. The van der Waals surface area contributed by atoms with Crippen molar-refractivity contribution in [2.75, 3.05) is 13.2 Å². The van der Waals surface area contributed by atoms with Crippen molar-refractivity contribution >= 4 is 0 Å². The first kappa shape index (κ1) is 19.0. The molecule has 136 valence electrons. The molecule has 0 spiro atoms. The third-order valence-corrected chi connectivity index (χ3v) is 3.96. The summed E-state index contributed by atoms with van der Waals surface area (Å²) in [6, 6.07) is 6.92. The summed E-state index contributed by atoms with van der Waals surface area (Å²) in [4.78, 5) is 0. The zero-order chi connectivity index (χ0) is 17.5. The van der Waals surface area contributed by atoms with E-state index in [-0.39, 0.29) is 0 Å². The molecule has 5 atom stereocenters. The fourth-order valence-corrected chi connectivity index (χ4v) is 2.55. The van der Waals surface area contributed by atoms with Gasteiger partial charge in [-0.25, -0.2) is 0 Å². The molecule has 1 saturated heterocycles. The van der Waals surface area contributed by atoms with Gasteiger partial charge in [-0.3, -0.25) is 0 Å². The summed E-state index contributed by atoms with van der Waals surface area (Å²) >= 11 is 0. The van der Waals surface area contributed by atoms with Gasteiger partial charge < -0.3 is 34.6 Å². The molecule has 1 fully saturated rings. The lowest BCUT2D eigenvalue weighted by Crippen LogP contribution is -2.60. The van der Waals surface area contributed by atoms with Gasteiger partial charge in [-0.05, 0) is 18.6 Å². The van der Waals surface area contributed by atoms with Crippen LogP contribution in [0, 0.1) is 0 Å². The van der Waals surface area contributed by atoms with Crippen LogP contribution in [0.5, 0.6) is 11.5 Å².